The number of thiophene rings is 1. The third-order valence-electron chi connectivity index (χ3n) is 8.04. The summed E-state index contributed by atoms with van der Waals surface area (Å²) in [5.74, 6) is 0. The fraction of sp³-hybridized carbons (Fsp3) is 0.0571. The van der Waals surface area contributed by atoms with E-state index in [-0.39, 0.29) is 0 Å². The molecule has 3 aromatic heterocycles. The van der Waals surface area contributed by atoms with Gasteiger partial charge >= 0.3 is 0 Å². The predicted octanol–water partition coefficient (Wildman–Crippen LogP) is 9.10. The first-order chi connectivity index (χ1) is 18.7. The van der Waals surface area contributed by atoms with Gasteiger partial charge in [-0.3, -0.25) is 0 Å². The Balaban J connectivity index is 1.48. The Morgan fingerprint density at radius 3 is 1.97 bits per heavy atom. The van der Waals surface area contributed by atoms with Crippen molar-refractivity contribution in [2.45, 2.75) is 6.92 Å². The van der Waals surface area contributed by atoms with Crippen molar-refractivity contribution in [3.8, 4) is 16.9 Å². The van der Waals surface area contributed by atoms with Crippen molar-refractivity contribution < 1.29 is 4.57 Å². The van der Waals surface area contributed by atoms with Gasteiger partial charge in [0.15, 0.2) is 6.20 Å². The number of aromatic nitrogens is 2. The summed E-state index contributed by atoms with van der Waals surface area (Å²) in [7, 11) is 2.17. The van der Waals surface area contributed by atoms with Gasteiger partial charge in [0.1, 0.15) is 11.7 Å². The van der Waals surface area contributed by atoms with Crippen molar-refractivity contribution in [1.29, 1.82) is 0 Å². The van der Waals surface area contributed by atoms with Crippen molar-refractivity contribution in [2.75, 3.05) is 0 Å². The molecule has 0 spiro atoms. The van der Waals surface area contributed by atoms with Crippen molar-refractivity contribution in [2.24, 2.45) is 7.05 Å². The monoisotopic (exact) mass is 505 g/mol. The number of para-hydroxylation sites is 2. The number of fused-ring (bicyclic) bond motifs is 7. The van der Waals surface area contributed by atoms with Gasteiger partial charge in [-0.15, -0.1) is 11.3 Å². The SMILES string of the molecule is Cc1c(-c2c3sc4c(-n5c6ccccc6c6ccccc65)cccc4c3cc[n+]2C)ccc2ccccc12. The fourth-order valence-electron chi connectivity index (χ4n) is 6.24. The zero-order valence-corrected chi connectivity index (χ0v) is 22.1. The number of nitrogens with zero attached hydrogens (tertiary/aromatic N) is 2. The van der Waals surface area contributed by atoms with E-state index in [1.165, 1.54) is 75.3 Å². The van der Waals surface area contributed by atoms with Crippen molar-refractivity contribution >= 4 is 64.1 Å². The zero-order valence-electron chi connectivity index (χ0n) is 21.3. The molecule has 8 aromatic rings. The molecule has 0 aliphatic rings. The highest BCUT2D eigenvalue weighted by atomic mass is 32.1. The van der Waals surface area contributed by atoms with Gasteiger partial charge in [-0.25, -0.2) is 0 Å². The lowest BCUT2D eigenvalue weighted by atomic mass is 9.97. The van der Waals surface area contributed by atoms with Crippen LogP contribution in [0.2, 0.25) is 0 Å². The highest BCUT2D eigenvalue weighted by molar-refractivity contribution is 7.26. The minimum Gasteiger partial charge on any atom is -0.308 e. The first kappa shape index (κ1) is 21.6. The third kappa shape index (κ3) is 2.91. The van der Waals surface area contributed by atoms with E-state index in [0.29, 0.717) is 0 Å². The summed E-state index contributed by atoms with van der Waals surface area (Å²) >= 11 is 1.91. The summed E-state index contributed by atoms with van der Waals surface area (Å²) in [6, 6.07) is 39.8. The molecule has 0 aliphatic heterocycles. The molecule has 5 aromatic carbocycles. The van der Waals surface area contributed by atoms with E-state index in [1.807, 2.05) is 11.3 Å². The molecule has 0 saturated heterocycles. The maximum Gasteiger partial charge on any atom is 0.230 e. The predicted molar refractivity (Wildman–Crippen MR) is 163 cm³/mol. The summed E-state index contributed by atoms with van der Waals surface area (Å²) in [4.78, 5) is 0. The lowest BCUT2D eigenvalue weighted by Crippen LogP contribution is -2.30. The van der Waals surface area contributed by atoms with Crippen LogP contribution in [0.25, 0.3) is 69.7 Å². The molecule has 0 radical (unpaired) electrons. The standard InChI is InChI=1S/C35H25N2S/c1-22-24-11-4-3-10-23(24)18-19-25(22)33-35-29(20-21-36(33)2)28-14-9-17-32(34(28)38-35)37-30-15-7-5-12-26(30)27-13-6-8-16-31(27)37/h3-21H,1-2H3/q+1. The van der Waals surface area contributed by atoms with E-state index in [9.17, 15) is 0 Å². The van der Waals surface area contributed by atoms with Crippen LogP contribution in [0.1, 0.15) is 5.56 Å². The third-order valence-corrected chi connectivity index (χ3v) is 9.29. The van der Waals surface area contributed by atoms with Crippen LogP contribution >= 0.6 is 11.3 Å². The van der Waals surface area contributed by atoms with E-state index in [4.69, 9.17) is 0 Å². The van der Waals surface area contributed by atoms with Crippen LogP contribution in [0.4, 0.5) is 0 Å². The molecule has 0 atom stereocenters. The quantitative estimate of drug-likeness (QED) is 0.207. The molecule has 3 heterocycles. The van der Waals surface area contributed by atoms with Gasteiger partial charge in [0.25, 0.3) is 0 Å². The van der Waals surface area contributed by atoms with E-state index in [0.717, 1.165) is 0 Å². The molecule has 0 N–H and O–H groups in total. The molecular weight excluding hydrogens is 480 g/mol. The molecule has 8 rings (SSSR count). The summed E-state index contributed by atoms with van der Waals surface area (Å²) < 4.78 is 7.38. The number of hydrogen-bond donors (Lipinski definition) is 0. The minimum atomic E-state index is 1.24. The second-order valence-corrected chi connectivity index (χ2v) is 11.1. The smallest absolute Gasteiger partial charge is 0.230 e. The van der Waals surface area contributed by atoms with E-state index in [1.54, 1.807) is 0 Å². The Labute approximate surface area is 224 Å². The Hall–Kier alpha value is -4.47. The van der Waals surface area contributed by atoms with Gasteiger partial charge in [0.2, 0.25) is 5.69 Å². The molecule has 38 heavy (non-hydrogen) atoms. The maximum atomic E-state index is 2.45. The van der Waals surface area contributed by atoms with E-state index < -0.39 is 0 Å². The number of benzene rings is 5. The zero-order chi connectivity index (χ0) is 25.4. The van der Waals surface area contributed by atoms with Crippen LogP contribution in [0.5, 0.6) is 0 Å². The Bertz CT molecular complexity index is 2160. The molecule has 0 unspecified atom stereocenters. The Kier molecular flexibility index (Phi) is 4.55. The summed E-state index contributed by atoms with van der Waals surface area (Å²) in [5.41, 5.74) is 7.63. The molecule has 180 valence electrons. The van der Waals surface area contributed by atoms with Crippen molar-refractivity contribution in [3.63, 3.8) is 0 Å². The average molecular weight is 506 g/mol. The molecule has 0 bridgehead atoms. The second-order valence-electron chi connectivity index (χ2n) is 10.1. The van der Waals surface area contributed by atoms with Crippen LogP contribution < -0.4 is 4.57 Å². The van der Waals surface area contributed by atoms with Crippen LogP contribution in [-0.4, -0.2) is 4.57 Å². The van der Waals surface area contributed by atoms with Crippen molar-refractivity contribution in [1.82, 2.24) is 4.57 Å². The van der Waals surface area contributed by atoms with E-state index in [2.05, 4.69) is 138 Å². The topological polar surface area (TPSA) is 8.81 Å². The van der Waals surface area contributed by atoms with Gasteiger partial charge in [0.05, 0.1) is 27.0 Å². The van der Waals surface area contributed by atoms with Crippen LogP contribution in [0.3, 0.4) is 0 Å². The summed E-state index contributed by atoms with van der Waals surface area (Å²) in [6.07, 6.45) is 2.21. The van der Waals surface area contributed by atoms with Gasteiger partial charge in [0, 0.05) is 27.6 Å². The van der Waals surface area contributed by atoms with Crippen LogP contribution in [-0.2, 0) is 7.05 Å². The molecule has 0 aliphatic carbocycles. The maximum absolute atomic E-state index is 2.45. The molecule has 0 amide bonds. The number of aryl methyl sites for hydroxylation is 2. The minimum absolute atomic E-state index is 1.24. The van der Waals surface area contributed by atoms with Crippen LogP contribution in [0, 0.1) is 6.92 Å². The van der Waals surface area contributed by atoms with Gasteiger partial charge in [-0.05, 0) is 47.5 Å². The molecular formula is C35H25N2S+. The molecule has 3 heteroatoms. The van der Waals surface area contributed by atoms with Crippen molar-refractivity contribution in [3.05, 3.63) is 121 Å². The van der Waals surface area contributed by atoms with Gasteiger partial charge < -0.3 is 4.57 Å². The highest BCUT2D eigenvalue weighted by Gasteiger charge is 2.23. The second kappa shape index (κ2) is 8.01. The lowest BCUT2D eigenvalue weighted by Gasteiger charge is -2.09. The Morgan fingerprint density at radius 2 is 1.21 bits per heavy atom. The largest absolute Gasteiger partial charge is 0.308 e. The number of pyridine rings is 1. The summed E-state index contributed by atoms with van der Waals surface area (Å²) in [5, 5.41) is 7.81. The first-order valence-electron chi connectivity index (χ1n) is 13.0. The molecule has 2 nitrogen and oxygen atoms in total. The number of hydrogen-bond acceptors (Lipinski definition) is 1. The lowest BCUT2D eigenvalue weighted by molar-refractivity contribution is -0.659. The molecule has 0 saturated carbocycles. The Morgan fingerprint density at radius 1 is 0.579 bits per heavy atom. The van der Waals surface area contributed by atoms with Crippen LogP contribution in [0.15, 0.2) is 115 Å². The number of rotatable bonds is 2. The van der Waals surface area contributed by atoms with Gasteiger partial charge in [-0.1, -0.05) is 78.9 Å². The first-order valence-corrected chi connectivity index (χ1v) is 13.8. The highest BCUT2D eigenvalue weighted by Crippen LogP contribution is 2.43. The van der Waals surface area contributed by atoms with Gasteiger partial charge in [-0.2, -0.15) is 4.57 Å². The molecule has 0 fully saturated rings. The fourth-order valence-corrected chi connectivity index (χ4v) is 7.63. The average Bonchev–Trinajstić information content (AvgIpc) is 3.50. The normalized spacial score (nSPS) is 11.9. The van der Waals surface area contributed by atoms with E-state index >= 15 is 0 Å². The summed E-state index contributed by atoms with van der Waals surface area (Å²) in [6.45, 7) is 2.26.